The highest BCUT2D eigenvalue weighted by molar-refractivity contribution is 7.33. The van der Waals surface area contributed by atoms with Crippen molar-refractivity contribution >= 4 is 78.0 Å². The molecule has 2 aliphatic heterocycles. The average Bonchev–Trinajstić information content (AvgIpc) is 3.89. The van der Waals surface area contributed by atoms with Crippen molar-refractivity contribution in [3.05, 3.63) is 209 Å². The zero-order chi connectivity index (χ0) is 39.1. The summed E-state index contributed by atoms with van der Waals surface area (Å²) in [5, 5.41) is 1.32. The minimum Gasteiger partial charge on any atom is -0.311 e. The Morgan fingerprint density at radius 2 is 1.12 bits per heavy atom. The van der Waals surface area contributed by atoms with Crippen LogP contribution in [0.15, 0.2) is 176 Å². The second-order valence-electron chi connectivity index (χ2n) is 17.1. The first-order valence-corrected chi connectivity index (χ1v) is 21.7. The van der Waals surface area contributed by atoms with Gasteiger partial charge in [-0.3, -0.25) is 0 Å². The summed E-state index contributed by atoms with van der Waals surface area (Å²) in [5.74, 6) is 0.424. The minimum atomic E-state index is -0.423. The molecule has 0 atom stereocenters. The number of hydrogen-bond donors (Lipinski definition) is 0. The van der Waals surface area contributed by atoms with Crippen molar-refractivity contribution in [3.8, 4) is 22.3 Å². The van der Waals surface area contributed by atoms with Crippen LogP contribution in [-0.4, -0.2) is 6.71 Å². The number of nitrogens with zero attached hydrogens (tertiary/aromatic N) is 2. The molecule has 0 radical (unpaired) electrons. The molecule has 0 saturated carbocycles. The predicted molar refractivity (Wildman–Crippen MR) is 251 cm³/mol. The molecular formula is C55H39BN2S. The first kappa shape index (κ1) is 33.4. The van der Waals surface area contributed by atoms with E-state index >= 15 is 0 Å². The summed E-state index contributed by atoms with van der Waals surface area (Å²) in [4.78, 5) is 5.07. The van der Waals surface area contributed by atoms with Gasteiger partial charge in [0.15, 0.2) is 0 Å². The van der Waals surface area contributed by atoms with Crippen molar-refractivity contribution in [2.24, 2.45) is 0 Å². The molecule has 2 aliphatic carbocycles. The summed E-state index contributed by atoms with van der Waals surface area (Å²) in [6.45, 7) is 6.91. The quantitative estimate of drug-likeness (QED) is 0.165. The van der Waals surface area contributed by atoms with Crippen molar-refractivity contribution in [2.75, 3.05) is 9.80 Å². The van der Waals surface area contributed by atoms with Crippen LogP contribution in [0.25, 0.3) is 32.3 Å². The van der Waals surface area contributed by atoms with Gasteiger partial charge in [0.1, 0.15) is 0 Å². The molecule has 0 fully saturated rings. The molecule has 9 aromatic rings. The number of anilines is 6. The summed E-state index contributed by atoms with van der Waals surface area (Å²) in [5.41, 5.74) is 23.3. The molecule has 4 aliphatic rings. The van der Waals surface area contributed by atoms with E-state index in [9.17, 15) is 0 Å². The molecule has 13 rings (SSSR count). The van der Waals surface area contributed by atoms with E-state index in [-0.39, 0.29) is 6.71 Å². The van der Waals surface area contributed by atoms with Gasteiger partial charge in [0.25, 0.3) is 6.71 Å². The van der Waals surface area contributed by atoms with Crippen molar-refractivity contribution in [1.82, 2.24) is 0 Å². The Balaban J connectivity index is 1.15. The molecule has 0 N–H and O–H groups in total. The third-order valence-corrected chi connectivity index (χ3v) is 14.9. The largest absolute Gasteiger partial charge is 0.311 e. The lowest BCUT2D eigenvalue weighted by Crippen LogP contribution is -2.60. The van der Waals surface area contributed by atoms with Crippen LogP contribution in [0.4, 0.5) is 34.1 Å². The lowest BCUT2D eigenvalue weighted by Gasteiger charge is -2.43. The third kappa shape index (κ3) is 4.27. The van der Waals surface area contributed by atoms with Gasteiger partial charge in [-0.2, -0.15) is 0 Å². The van der Waals surface area contributed by atoms with Crippen LogP contribution in [0.2, 0.25) is 0 Å². The normalized spacial score (nSPS) is 14.5. The zero-order valence-electron chi connectivity index (χ0n) is 33.2. The molecule has 1 aromatic heterocycles. The van der Waals surface area contributed by atoms with Gasteiger partial charge in [-0.15, -0.1) is 11.3 Å². The van der Waals surface area contributed by atoms with Gasteiger partial charge in [0.2, 0.25) is 0 Å². The van der Waals surface area contributed by atoms with Gasteiger partial charge < -0.3 is 9.80 Å². The second-order valence-corrected chi connectivity index (χ2v) is 18.1. The van der Waals surface area contributed by atoms with Gasteiger partial charge in [0, 0.05) is 43.3 Å². The minimum absolute atomic E-state index is 0.0871. The molecule has 3 heterocycles. The third-order valence-electron chi connectivity index (χ3n) is 13.7. The van der Waals surface area contributed by atoms with E-state index < -0.39 is 5.41 Å². The Bertz CT molecular complexity index is 3190. The zero-order valence-corrected chi connectivity index (χ0v) is 34.0. The molecule has 2 nitrogen and oxygen atoms in total. The maximum atomic E-state index is 2.62. The highest BCUT2D eigenvalue weighted by Gasteiger charge is 2.53. The van der Waals surface area contributed by atoms with Crippen LogP contribution in [0.3, 0.4) is 0 Å². The van der Waals surface area contributed by atoms with Crippen LogP contribution in [-0.2, 0) is 5.41 Å². The highest BCUT2D eigenvalue weighted by Crippen LogP contribution is 2.64. The molecule has 4 heteroatoms. The van der Waals surface area contributed by atoms with Gasteiger partial charge in [0.05, 0.1) is 11.1 Å². The lowest BCUT2D eigenvalue weighted by atomic mass is 9.36. The first-order valence-electron chi connectivity index (χ1n) is 20.9. The Kier molecular flexibility index (Phi) is 6.77. The smallest absolute Gasteiger partial charge is 0.264 e. The molecule has 0 saturated heterocycles. The number of aryl methyl sites for hydroxylation is 1. The van der Waals surface area contributed by atoms with Crippen molar-refractivity contribution in [3.63, 3.8) is 0 Å². The topological polar surface area (TPSA) is 6.48 Å². The van der Waals surface area contributed by atoms with Crippen LogP contribution in [0, 0.1) is 6.92 Å². The molecular weight excluding hydrogens is 731 g/mol. The van der Waals surface area contributed by atoms with E-state index in [4.69, 9.17) is 0 Å². The van der Waals surface area contributed by atoms with Crippen molar-refractivity contribution in [2.45, 2.75) is 32.1 Å². The van der Waals surface area contributed by atoms with Crippen molar-refractivity contribution in [1.29, 1.82) is 0 Å². The Hall–Kier alpha value is -6.62. The van der Waals surface area contributed by atoms with Crippen LogP contribution >= 0.6 is 11.3 Å². The standard InChI is InChI=1S/C55H39BN2S/c1-33(2)35-26-29-40-41-32-51-42(31-46(41)55(45(40)30-35)43-18-9-7-16-38(43)39-17-8-10-19-44(39)55)53-54(59-51)56-47-20-11-12-21-48(47)57(36-14-5-4-6-15-36)49-22-13-23-50(52(49)56)58(53)37-27-24-34(3)25-28-37/h4-33H,1-3H3. The number of fused-ring (bicyclic) bond motifs is 16. The Morgan fingerprint density at radius 1 is 0.508 bits per heavy atom. The Labute approximate surface area is 349 Å². The molecule has 1 spiro atoms. The van der Waals surface area contributed by atoms with Gasteiger partial charge in [-0.1, -0.05) is 141 Å². The SMILES string of the molecule is Cc1ccc(N2c3cccc4c3B(c3ccccc3N4c3ccccc3)c3sc4cc5c(cc4c32)C2(c3ccccc3-c3ccccc32)c2cc(C(C)C)ccc2-5)cc1. The fourth-order valence-corrected chi connectivity index (χ4v) is 12.5. The summed E-state index contributed by atoms with van der Waals surface area (Å²) in [7, 11) is 0. The molecule has 8 aromatic carbocycles. The number of para-hydroxylation sites is 2. The summed E-state index contributed by atoms with van der Waals surface area (Å²) >= 11 is 1.99. The van der Waals surface area contributed by atoms with Crippen molar-refractivity contribution < 1.29 is 0 Å². The second kappa shape index (κ2) is 12.0. The van der Waals surface area contributed by atoms with Crippen LogP contribution in [0.5, 0.6) is 0 Å². The van der Waals surface area contributed by atoms with E-state index in [2.05, 4.69) is 206 Å². The first-order chi connectivity index (χ1) is 29.0. The van der Waals surface area contributed by atoms with E-state index in [0.29, 0.717) is 5.92 Å². The molecule has 0 amide bonds. The predicted octanol–water partition coefficient (Wildman–Crippen LogP) is 12.8. The van der Waals surface area contributed by atoms with Crippen LogP contribution < -0.4 is 25.5 Å². The molecule has 278 valence electrons. The monoisotopic (exact) mass is 770 g/mol. The van der Waals surface area contributed by atoms with E-state index in [1.165, 1.54) is 116 Å². The van der Waals surface area contributed by atoms with Gasteiger partial charge >= 0.3 is 0 Å². The fourth-order valence-electron chi connectivity index (χ4n) is 11.2. The maximum absolute atomic E-state index is 2.62. The highest BCUT2D eigenvalue weighted by atomic mass is 32.1. The summed E-state index contributed by atoms with van der Waals surface area (Å²) in [6, 6.07) is 67.0. The molecule has 0 bridgehead atoms. The number of thiophene rings is 1. The Morgan fingerprint density at radius 3 is 1.86 bits per heavy atom. The van der Waals surface area contributed by atoms with Crippen LogP contribution in [0.1, 0.15) is 53.1 Å². The van der Waals surface area contributed by atoms with E-state index in [1.807, 2.05) is 11.3 Å². The number of rotatable bonds is 3. The number of hydrogen-bond acceptors (Lipinski definition) is 3. The number of benzene rings is 8. The summed E-state index contributed by atoms with van der Waals surface area (Å²) in [6.07, 6.45) is 0. The lowest BCUT2D eigenvalue weighted by molar-refractivity contribution is 0.785. The average molecular weight is 771 g/mol. The summed E-state index contributed by atoms with van der Waals surface area (Å²) < 4.78 is 2.74. The van der Waals surface area contributed by atoms with E-state index in [0.717, 1.165) is 0 Å². The molecule has 59 heavy (non-hydrogen) atoms. The molecule has 0 unspecified atom stereocenters. The van der Waals surface area contributed by atoms with Gasteiger partial charge in [-0.25, -0.2) is 0 Å². The maximum Gasteiger partial charge on any atom is 0.264 e. The van der Waals surface area contributed by atoms with Gasteiger partial charge in [-0.05, 0) is 128 Å². The fraction of sp³-hybridized carbons (Fsp3) is 0.0909. The van der Waals surface area contributed by atoms with E-state index in [1.54, 1.807) is 0 Å².